The minimum atomic E-state index is -1.47. The van der Waals surface area contributed by atoms with Gasteiger partial charge in [0.2, 0.25) is 0 Å². The first kappa shape index (κ1) is 13.1. The first-order valence-corrected chi connectivity index (χ1v) is 5.83. The van der Waals surface area contributed by atoms with Crippen molar-refractivity contribution in [1.82, 2.24) is 0 Å². The van der Waals surface area contributed by atoms with Crippen LogP contribution in [-0.4, -0.2) is 15.5 Å². The van der Waals surface area contributed by atoms with Gasteiger partial charge in [0.25, 0.3) is 0 Å². The summed E-state index contributed by atoms with van der Waals surface area (Å²) in [5.74, 6) is -1.91. The van der Waals surface area contributed by atoms with Crippen LogP contribution in [0.1, 0.15) is 26.3 Å². The zero-order valence-corrected chi connectivity index (χ0v) is 10.1. The van der Waals surface area contributed by atoms with Crippen molar-refractivity contribution in [2.45, 2.75) is 25.5 Å². The SMILES string of the molecule is CC(C)(C)[S+]([O-])N=Cc1cccc(F)c1F. The molecule has 0 aromatic heterocycles. The molecule has 0 radical (unpaired) electrons. The van der Waals surface area contributed by atoms with Gasteiger partial charge in [-0.15, -0.1) is 0 Å². The van der Waals surface area contributed by atoms with Crippen molar-refractivity contribution in [3.63, 3.8) is 0 Å². The van der Waals surface area contributed by atoms with Crippen LogP contribution >= 0.6 is 0 Å². The minimum absolute atomic E-state index is 0.00222. The second-order valence-electron chi connectivity index (χ2n) is 4.24. The van der Waals surface area contributed by atoms with E-state index in [2.05, 4.69) is 4.40 Å². The van der Waals surface area contributed by atoms with Crippen LogP contribution in [0.3, 0.4) is 0 Å². The molecule has 0 amide bonds. The van der Waals surface area contributed by atoms with Gasteiger partial charge in [-0.2, -0.15) is 0 Å². The second-order valence-corrected chi connectivity index (χ2v) is 6.17. The van der Waals surface area contributed by atoms with Crippen molar-refractivity contribution < 1.29 is 13.3 Å². The van der Waals surface area contributed by atoms with Gasteiger partial charge in [0.15, 0.2) is 11.6 Å². The van der Waals surface area contributed by atoms with Crippen LogP contribution < -0.4 is 0 Å². The first-order chi connectivity index (χ1) is 7.32. The predicted octanol–water partition coefficient (Wildman–Crippen LogP) is 2.85. The lowest BCUT2D eigenvalue weighted by atomic mass is 10.2. The summed E-state index contributed by atoms with van der Waals surface area (Å²) >= 11 is -1.47. The zero-order chi connectivity index (χ0) is 12.3. The Bertz CT molecular complexity index is 401. The summed E-state index contributed by atoms with van der Waals surface area (Å²) in [6.07, 6.45) is 1.10. The third kappa shape index (κ3) is 3.28. The van der Waals surface area contributed by atoms with E-state index in [0.717, 1.165) is 12.3 Å². The van der Waals surface area contributed by atoms with E-state index < -0.39 is 27.7 Å². The van der Waals surface area contributed by atoms with Crippen LogP contribution in [0.5, 0.6) is 0 Å². The lowest BCUT2D eigenvalue weighted by Gasteiger charge is -2.17. The molecular weight excluding hydrogens is 232 g/mol. The Morgan fingerprint density at radius 3 is 2.50 bits per heavy atom. The molecule has 0 N–H and O–H groups in total. The Hall–Kier alpha value is -0.940. The predicted molar refractivity (Wildman–Crippen MR) is 61.8 cm³/mol. The fourth-order valence-electron chi connectivity index (χ4n) is 0.883. The molecule has 5 heteroatoms. The Morgan fingerprint density at radius 2 is 1.94 bits per heavy atom. The van der Waals surface area contributed by atoms with Gasteiger partial charge in [-0.25, -0.2) is 8.78 Å². The van der Waals surface area contributed by atoms with Gasteiger partial charge in [-0.3, -0.25) is 0 Å². The number of benzene rings is 1. The van der Waals surface area contributed by atoms with Crippen LogP contribution in [0.4, 0.5) is 8.78 Å². The molecule has 0 aliphatic heterocycles. The molecule has 2 nitrogen and oxygen atoms in total. The molecule has 0 bridgehead atoms. The van der Waals surface area contributed by atoms with Crippen molar-refractivity contribution in [1.29, 1.82) is 0 Å². The van der Waals surface area contributed by atoms with E-state index >= 15 is 0 Å². The molecule has 16 heavy (non-hydrogen) atoms. The van der Waals surface area contributed by atoms with E-state index in [9.17, 15) is 13.3 Å². The smallest absolute Gasteiger partial charge is 0.167 e. The summed E-state index contributed by atoms with van der Waals surface area (Å²) in [6, 6.07) is 3.77. The van der Waals surface area contributed by atoms with Crippen LogP contribution in [0.15, 0.2) is 22.6 Å². The Labute approximate surface area is 96.7 Å². The molecule has 1 aromatic rings. The molecular formula is C11H13F2NOS. The summed E-state index contributed by atoms with van der Waals surface area (Å²) in [7, 11) is 0. The molecule has 0 saturated heterocycles. The van der Waals surface area contributed by atoms with E-state index in [1.165, 1.54) is 12.1 Å². The van der Waals surface area contributed by atoms with Gasteiger partial charge >= 0.3 is 0 Å². The maximum atomic E-state index is 13.2. The largest absolute Gasteiger partial charge is 0.591 e. The van der Waals surface area contributed by atoms with E-state index in [4.69, 9.17) is 0 Å². The quantitative estimate of drug-likeness (QED) is 0.583. The summed E-state index contributed by atoms with van der Waals surface area (Å²) in [4.78, 5) is 0. The Morgan fingerprint density at radius 1 is 1.31 bits per heavy atom. The molecule has 0 aliphatic rings. The third-order valence-electron chi connectivity index (χ3n) is 1.79. The molecule has 0 aliphatic carbocycles. The summed E-state index contributed by atoms with van der Waals surface area (Å²) in [6.45, 7) is 5.26. The van der Waals surface area contributed by atoms with Gasteiger partial charge in [0, 0.05) is 5.56 Å². The molecule has 88 valence electrons. The summed E-state index contributed by atoms with van der Waals surface area (Å²) in [5, 5.41) is 0. The monoisotopic (exact) mass is 245 g/mol. The number of hydrogen-bond acceptors (Lipinski definition) is 2. The highest BCUT2D eigenvalue weighted by Crippen LogP contribution is 2.17. The van der Waals surface area contributed by atoms with Gasteiger partial charge in [-0.1, -0.05) is 16.5 Å². The molecule has 0 heterocycles. The van der Waals surface area contributed by atoms with Crippen LogP contribution in [-0.2, 0) is 11.4 Å². The van der Waals surface area contributed by atoms with Crippen LogP contribution in [0.25, 0.3) is 0 Å². The van der Waals surface area contributed by atoms with Crippen molar-refractivity contribution in [3.05, 3.63) is 35.4 Å². The fourth-order valence-corrected chi connectivity index (χ4v) is 1.41. The van der Waals surface area contributed by atoms with Crippen molar-refractivity contribution >= 4 is 17.6 Å². The fraction of sp³-hybridized carbons (Fsp3) is 0.364. The lowest BCUT2D eigenvalue weighted by Crippen LogP contribution is -2.25. The van der Waals surface area contributed by atoms with Crippen LogP contribution in [0, 0.1) is 11.6 Å². The van der Waals surface area contributed by atoms with E-state index in [1.54, 1.807) is 20.8 Å². The van der Waals surface area contributed by atoms with Crippen molar-refractivity contribution in [3.8, 4) is 0 Å². The maximum absolute atomic E-state index is 13.2. The lowest BCUT2D eigenvalue weighted by molar-refractivity contribution is 0.507. The molecule has 1 rings (SSSR count). The normalized spacial score (nSPS) is 14.4. The highest BCUT2D eigenvalue weighted by molar-refractivity contribution is 7.91. The molecule has 1 unspecified atom stereocenters. The highest BCUT2D eigenvalue weighted by Gasteiger charge is 2.25. The maximum Gasteiger partial charge on any atom is 0.167 e. The van der Waals surface area contributed by atoms with Gasteiger partial charge in [0.05, 0.1) is 6.21 Å². The van der Waals surface area contributed by atoms with Crippen molar-refractivity contribution in [2.24, 2.45) is 4.40 Å². The third-order valence-corrected chi connectivity index (χ3v) is 3.14. The zero-order valence-electron chi connectivity index (χ0n) is 9.33. The summed E-state index contributed by atoms with van der Waals surface area (Å²) in [5.41, 5.74) is -0.00222. The highest BCUT2D eigenvalue weighted by atomic mass is 32.2. The average Bonchev–Trinajstić information content (AvgIpc) is 2.18. The molecule has 1 atom stereocenters. The number of rotatable bonds is 2. The minimum Gasteiger partial charge on any atom is -0.591 e. The molecule has 0 spiro atoms. The van der Waals surface area contributed by atoms with Gasteiger partial charge in [-0.05, 0) is 26.8 Å². The number of hydrogen-bond donors (Lipinski definition) is 0. The average molecular weight is 245 g/mol. The second kappa shape index (κ2) is 4.93. The number of halogens is 2. The molecule has 1 aromatic carbocycles. The standard InChI is InChI=1S/C11H13F2NOS/c1-11(2,3)16(15)14-7-8-5-4-6-9(12)10(8)13/h4-7H,1-3H3. The van der Waals surface area contributed by atoms with Crippen LogP contribution in [0.2, 0.25) is 0 Å². The topological polar surface area (TPSA) is 35.4 Å². The number of nitrogens with zero attached hydrogens (tertiary/aromatic N) is 1. The Balaban J connectivity index is 2.89. The van der Waals surface area contributed by atoms with E-state index in [0.29, 0.717) is 0 Å². The van der Waals surface area contributed by atoms with Crippen molar-refractivity contribution in [2.75, 3.05) is 0 Å². The Kier molecular flexibility index (Phi) is 4.04. The first-order valence-electron chi connectivity index (χ1n) is 4.72. The molecule has 0 saturated carbocycles. The van der Waals surface area contributed by atoms with E-state index in [-0.39, 0.29) is 5.56 Å². The van der Waals surface area contributed by atoms with E-state index in [1.807, 2.05) is 0 Å². The van der Waals surface area contributed by atoms with Gasteiger partial charge < -0.3 is 4.55 Å². The van der Waals surface area contributed by atoms with Gasteiger partial charge in [0.1, 0.15) is 16.1 Å². The molecule has 0 fully saturated rings. The summed E-state index contributed by atoms with van der Waals surface area (Å²) < 4.78 is 40.7.